The van der Waals surface area contributed by atoms with Crippen LogP contribution >= 0.6 is 0 Å². The number of benzene rings is 2. The first-order valence-electron chi connectivity index (χ1n) is 11.9. The molecule has 1 unspecified atom stereocenters. The molecule has 182 valence electrons. The average molecular weight is 471 g/mol. The van der Waals surface area contributed by atoms with E-state index in [2.05, 4.69) is 55.3 Å². The lowest BCUT2D eigenvalue weighted by Gasteiger charge is -2.25. The van der Waals surface area contributed by atoms with Crippen LogP contribution in [0.2, 0.25) is 0 Å². The third kappa shape index (κ3) is 5.38. The van der Waals surface area contributed by atoms with Crippen LogP contribution < -0.4 is 10.1 Å². The van der Waals surface area contributed by atoms with Crippen LogP contribution in [0.5, 0.6) is 5.75 Å². The zero-order valence-electron chi connectivity index (χ0n) is 21.4. The molecule has 0 bridgehead atoms. The van der Waals surface area contributed by atoms with Crippen LogP contribution in [0.1, 0.15) is 34.0 Å². The molecule has 4 rings (SSSR count). The molecule has 0 saturated carbocycles. The normalized spacial score (nSPS) is 12.2. The molecule has 1 N–H and O–H groups in total. The number of imidazole rings is 1. The fourth-order valence-corrected chi connectivity index (χ4v) is 4.34. The van der Waals surface area contributed by atoms with E-state index in [1.807, 2.05) is 55.0 Å². The van der Waals surface area contributed by atoms with Crippen molar-refractivity contribution < 1.29 is 9.53 Å². The van der Waals surface area contributed by atoms with Gasteiger partial charge in [0.2, 0.25) is 5.91 Å². The van der Waals surface area contributed by atoms with Crippen molar-refractivity contribution in [2.75, 3.05) is 27.7 Å². The summed E-state index contributed by atoms with van der Waals surface area (Å²) in [7, 11) is 5.70. The Morgan fingerprint density at radius 2 is 1.77 bits per heavy atom. The van der Waals surface area contributed by atoms with E-state index >= 15 is 0 Å². The Morgan fingerprint density at radius 3 is 2.43 bits per heavy atom. The first kappa shape index (κ1) is 24.5. The quantitative estimate of drug-likeness (QED) is 0.398. The predicted octanol–water partition coefficient (Wildman–Crippen LogP) is 4.90. The molecule has 35 heavy (non-hydrogen) atoms. The van der Waals surface area contributed by atoms with Gasteiger partial charge in [0.25, 0.3) is 0 Å². The Balaban J connectivity index is 1.59. The number of likely N-dealkylation sites (N-methyl/N-ethyl adjacent to an activating group) is 1. The smallest absolute Gasteiger partial charge is 0.226 e. The van der Waals surface area contributed by atoms with Gasteiger partial charge in [-0.3, -0.25) is 4.79 Å². The Bertz CT molecular complexity index is 1340. The zero-order chi connectivity index (χ0) is 25.1. The zero-order valence-corrected chi connectivity index (χ0v) is 21.4. The molecule has 0 aliphatic carbocycles. The SMILES string of the molecule is COc1ccc(C(CNC(=O)Cc2c(-c3ccc(C)c(C)c3)nc3cc(C)ccn23)N(C)C)cc1. The van der Waals surface area contributed by atoms with Crippen molar-refractivity contribution in [2.24, 2.45) is 0 Å². The van der Waals surface area contributed by atoms with E-state index < -0.39 is 0 Å². The van der Waals surface area contributed by atoms with Gasteiger partial charge in [0.15, 0.2) is 0 Å². The fraction of sp³-hybridized carbons (Fsp3) is 0.310. The third-order valence-electron chi connectivity index (χ3n) is 6.61. The van der Waals surface area contributed by atoms with Crippen molar-refractivity contribution in [1.82, 2.24) is 19.6 Å². The van der Waals surface area contributed by atoms with Crippen LogP contribution in [-0.4, -0.2) is 47.9 Å². The summed E-state index contributed by atoms with van der Waals surface area (Å²) < 4.78 is 7.31. The molecule has 0 spiro atoms. The summed E-state index contributed by atoms with van der Waals surface area (Å²) in [4.78, 5) is 20.2. The minimum Gasteiger partial charge on any atom is -0.497 e. The molecule has 0 aliphatic heterocycles. The number of carbonyl (C=O) groups excluding carboxylic acids is 1. The monoisotopic (exact) mass is 470 g/mol. The summed E-state index contributed by atoms with van der Waals surface area (Å²) in [5, 5.41) is 3.15. The molecule has 6 heteroatoms. The van der Waals surface area contributed by atoms with Gasteiger partial charge < -0.3 is 19.4 Å². The standard InChI is InChI=1S/C29H34N4O2/c1-19-13-14-33-25(29(31-27(33)15-19)23-8-7-20(2)21(3)16-23)17-28(34)30-18-26(32(4)5)22-9-11-24(35-6)12-10-22/h7-16,26H,17-18H2,1-6H3,(H,30,34). The first-order chi connectivity index (χ1) is 16.8. The predicted molar refractivity (Wildman–Crippen MR) is 141 cm³/mol. The Kier molecular flexibility index (Phi) is 7.22. The van der Waals surface area contributed by atoms with Gasteiger partial charge in [-0.1, -0.05) is 24.3 Å². The van der Waals surface area contributed by atoms with Crippen LogP contribution in [0.15, 0.2) is 60.8 Å². The second kappa shape index (κ2) is 10.3. The maximum absolute atomic E-state index is 13.2. The van der Waals surface area contributed by atoms with Crippen molar-refractivity contribution in [3.05, 3.63) is 88.7 Å². The summed E-state index contributed by atoms with van der Waals surface area (Å²) in [6.07, 6.45) is 2.25. The highest BCUT2D eigenvalue weighted by atomic mass is 16.5. The van der Waals surface area contributed by atoms with Gasteiger partial charge in [0.1, 0.15) is 11.4 Å². The molecule has 1 atom stereocenters. The number of hydrogen-bond donors (Lipinski definition) is 1. The number of aryl methyl sites for hydroxylation is 3. The van der Waals surface area contributed by atoms with Crippen molar-refractivity contribution >= 4 is 11.6 Å². The molecule has 2 heterocycles. The number of methoxy groups -OCH3 is 1. The van der Waals surface area contributed by atoms with Crippen molar-refractivity contribution in [3.63, 3.8) is 0 Å². The summed E-state index contributed by atoms with van der Waals surface area (Å²) in [5.41, 5.74) is 8.34. The lowest BCUT2D eigenvalue weighted by molar-refractivity contribution is -0.120. The number of pyridine rings is 1. The molecule has 4 aromatic rings. The van der Waals surface area contributed by atoms with Crippen molar-refractivity contribution in [2.45, 2.75) is 33.2 Å². The maximum Gasteiger partial charge on any atom is 0.226 e. The van der Waals surface area contributed by atoms with E-state index in [4.69, 9.17) is 9.72 Å². The highest BCUT2D eigenvalue weighted by molar-refractivity contribution is 5.81. The summed E-state index contributed by atoms with van der Waals surface area (Å²) in [6, 6.07) is 18.5. The van der Waals surface area contributed by atoms with Gasteiger partial charge >= 0.3 is 0 Å². The van der Waals surface area contributed by atoms with Crippen LogP contribution in [0, 0.1) is 20.8 Å². The first-order valence-corrected chi connectivity index (χ1v) is 11.9. The third-order valence-corrected chi connectivity index (χ3v) is 6.61. The van der Waals surface area contributed by atoms with Crippen LogP contribution in [0.25, 0.3) is 16.9 Å². The van der Waals surface area contributed by atoms with Gasteiger partial charge in [-0.15, -0.1) is 0 Å². The average Bonchev–Trinajstić information content (AvgIpc) is 3.18. The number of nitrogens with one attached hydrogen (secondary N) is 1. The van der Waals surface area contributed by atoms with Gasteiger partial charge in [-0.05, 0) is 87.5 Å². The Hall–Kier alpha value is -3.64. The highest BCUT2D eigenvalue weighted by Gasteiger charge is 2.20. The van der Waals surface area contributed by atoms with Gasteiger partial charge in [-0.2, -0.15) is 0 Å². The van der Waals surface area contributed by atoms with E-state index in [0.717, 1.165) is 39.5 Å². The molecule has 0 radical (unpaired) electrons. The summed E-state index contributed by atoms with van der Waals surface area (Å²) >= 11 is 0. The number of ether oxygens (including phenoxy) is 1. The van der Waals surface area contributed by atoms with E-state index in [9.17, 15) is 4.79 Å². The molecule has 2 aromatic heterocycles. The summed E-state index contributed by atoms with van der Waals surface area (Å²) in [6.45, 7) is 6.76. The summed E-state index contributed by atoms with van der Waals surface area (Å²) in [5.74, 6) is 0.787. The van der Waals surface area contributed by atoms with E-state index in [1.54, 1.807) is 7.11 Å². The number of carbonyl (C=O) groups is 1. The number of hydrogen-bond acceptors (Lipinski definition) is 4. The number of rotatable bonds is 8. The topological polar surface area (TPSA) is 58.9 Å². The van der Waals surface area contributed by atoms with Crippen LogP contribution in [-0.2, 0) is 11.2 Å². The van der Waals surface area contributed by atoms with Gasteiger partial charge in [0.05, 0.1) is 31.0 Å². The Morgan fingerprint density at radius 1 is 1.03 bits per heavy atom. The number of amides is 1. The van der Waals surface area contributed by atoms with Gasteiger partial charge in [0, 0.05) is 18.3 Å². The number of fused-ring (bicyclic) bond motifs is 1. The lowest BCUT2D eigenvalue weighted by Crippen LogP contribution is -2.35. The van der Waals surface area contributed by atoms with E-state index in [-0.39, 0.29) is 18.4 Å². The van der Waals surface area contributed by atoms with Crippen LogP contribution in [0.4, 0.5) is 0 Å². The molecule has 0 saturated heterocycles. The minimum atomic E-state index is -0.0298. The highest BCUT2D eigenvalue weighted by Crippen LogP contribution is 2.27. The molecule has 0 fully saturated rings. The molecule has 1 amide bonds. The molecule has 2 aromatic carbocycles. The van der Waals surface area contributed by atoms with E-state index in [0.29, 0.717) is 6.54 Å². The maximum atomic E-state index is 13.2. The fourth-order valence-electron chi connectivity index (χ4n) is 4.34. The molecular formula is C29H34N4O2. The van der Waals surface area contributed by atoms with Crippen molar-refractivity contribution in [1.29, 1.82) is 0 Å². The second-order valence-corrected chi connectivity index (χ2v) is 9.37. The van der Waals surface area contributed by atoms with E-state index in [1.165, 1.54) is 11.1 Å². The lowest BCUT2D eigenvalue weighted by atomic mass is 10.0. The molecule has 0 aliphatic rings. The Labute approximate surface area is 207 Å². The molecule has 6 nitrogen and oxygen atoms in total. The number of nitrogens with zero attached hydrogens (tertiary/aromatic N) is 3. The minimum absolute atomic E-state index is 0.0298. The van der Waals surface area contributed by atoms with Crippen molar-refractivity contribution in [3.8, 4) is 17.0 Å². The molecular weight excluding hydrogens is 436 g/mol. The largest absolute Gasteiger partial charge is 0.497 e. The number of aromatic nitrogens is 2. The van der Waals surface area contributed by atoms with Gasteiger partial charge in [-0.25, -0.2) is 4.98 Å². The van der Waals surface area contributed by atoms with Crippen LogP contribution in [0.3, 0.4) is 0 Å². The second-order valence-electron chi connectivity index (χ2n) is 9.37.